The summed E-state index contributed by atoms with van der Waals surface area (Å²) in [5, 5.41) is 20.8. The summed E-state index contributed by atoms with van der Waals surface area (Å²) in [7, 11) is 0. The van der Waals surface area contributed by atoms with Crippen molar-refractivity contribution >= 4 is 5.78 Å². The fourth-order valence-corrected chi connectivity index (χ4v) is 3.59. The molecule has 4 heteroatoms. The first-order valence-corrected chi connectivity index (χ1v) is 11.1. The standard InChI is InChI=1S/C25H36O4/c1-2-3-4-5-6-7-8-9-10-14-19-29-25(28)18-17-22(23(26)20-25)24(27)21-15-12-11-13-16-21/h11-13,15-18,26,28H,2-10,14,19-20H2,1H3. The Morgan fingerprint density at radius 1 is 0.966 bits per heavy atom. The molecule has 0 saturated carbocycles. The predicted molar refractivity (Wildman–Crippen MR) is 117 cm³/mol. The summed E-state index contributed by atoms with van der Waals surface area (Å²) >= 11 is 0. The first-order chi connectivity index (χ1) is 14.1. The summed E-state index contributed by atoms with van der Waals surface area (Å²) in [5.41, 5.74) is 0.721. The summed E-state index contributed by atoms with van der Waals surface area (Å²) in [5.74, 6) is -1.92. The third-order valence-corrected chi connectivity index (χ3v) is 5.37. The fraction of sp³-hybridized carbons (Fsp3) is 0.560. The molecule has 2 N–H and O–H groups in total. The average Bonchev–Trinajstić information content (AvgIpc) is 2.72. The van der Waals surface area contributed by atoms with E-state index in [-0.39, 0.29) is 23.5 Å². The Hall–Kier alpha value is -1.91. The van der Waals surface area contributed by atoms with Gasteiger partial charge in [0.2, 0.25) is 0 Å². The molecule has 1 aliphatic carbocycles. The molecule has 1 unspecified atom stereocenters. The normalized spacial score (nSPS) is 19.0. The molecular weight excluding hydrogens is 364 g/mol. The van der Waals surface area contributed by atoms with E-state index in [1.807, 2.05) is 6.07 Å². The molecule has 1 aliphatic rings. The van der Waals surface area contributed by atoms with E-state index in [1.54, 1.807) is 24.3 Å². The van der Waals surface area contributed by atoms with Crippen LogP contribution in [0.25, 0.3) is 0 Å². The molecule has 0 heterocycles. The molecular formula is C25H36O4. The molecule has 0 radical (unpaired) electrons. The Morgan fingerprint density at radius 3 is 2.14 bits per heavy atom. The van der Waals surface area contributed by atoms with E-state index in [0.29, 0.717) is 12.2 Å². The van der Waals surface area contributed by atoms with Crippen LogP contribution in [-0.2, 0) is 4.74 Å². The number of aliphatic hydroxyl groups excluding tert-OH is 1. The number of aliphatic hydroxyl groups is 2. The summed E-state index contributed by atoms with van der Waals surface area (Å²) in [6.45, 7) is 2.68. The minimum absolute atomic E-state index is 0.102. The number of hydrogen-bond acceptors (Lipinski definition) is 4. The third-order valence-electron chi connectivity index (χ3n) is 5.37. The monoisotopic (exact) mass is 400 g/mol. The van der Waals surface area contributed by atoms with Crippen molar-refractivity contribution in [2.24, 2.45) is 0 Å². The molecule has 160 valence electrons. The minimum Gasteiger partial charge on any atom is -0.511 e. The molecule has 0 spiro atoms. The van der Waals surface area contributed by atoms with Gasteiger partial charge >= 0.3 is 0 Å². The quantitative estimate of drug-likeness (QED) is 0.219. The van der Waals surface area contributed by atoms with Crippen molar-refractivity contribution in [1.29, 1.82) is 0 Å². The topological polar surface area (TPSA) is 66.8 Å². The van der Waals surface area contributed by atoms with E-state index >= 15 is 0 Å². The van der Waals surface area contributed by atoms with Gasteiger partial charge in [0, 0.05) is 5.56 Å². The Morgan fingerprint density at radius 2 is 1.55 bits per heavy atom. The molecule has 1 atom stereocenters. The van der Waals surface area contributed by atoms with Gasteiger partial charge in [0.1, 0.15) is 5.76 Å². The molecule has 0 saturated heterocycles. The van der Waals surface area contributed by atoms with E-state index in [9.17, 15) is 15.0 Å². The van der Waals surface area contributed by atoms with Crippen molar-refractivity contribution in [3.8, 4) is 0 Å². The molecule has 0 aliphatic heterocycles. The number of Topliss-reactive ketones (excluding diaryl/α,β-unsaturated/α-hetero) is 1. The average molecular weight is 401 g/mol. The lowest BCUT2D eigenvalue weighted by atomic mass is 9.94. The molecule has 0 amide bonds. The second-order valence-corrected chi connectivity index (χ2v) is 7.94. The van der Waals surface area contributed by atoms with Gasteiger partial charge in [0.25, 0.3) is 0 Å². The van der Waals surface area contributed by atoms with Crippen LogP contribution in [0.1, 0.15) is 87.9 Å². The van der Waals surface area contributed by atoms with E-state index in [0.717, 1.165) is 12.8 Å². The third kappa shape index (κ3) is 8.15. The number of benzene rings is 1. The first kappa shape index (κ1) is 23.4. The van der Waals surface area contributed by atoms with E-state index < -0.39 is 5.79 Å². The smallest absolute Gasteiger partial charge is 0.196 e. The van der Waals surface area contributed by atoms with Gasteiger partial charge in [0.15, 0.2) is 11.6 Å². The highest BCUT2D eigenvalue weighted by molar-refractivity contribution is 6.11. The van der Waals surface area contributed by atoms with Gasteiger partial charge in [-0.25, -0.2) is 0 Å². The van der Waals surface area contributed by atoms with Gasteiger partial charge < -0.3 is 14.9 Å². The predicted octanol–water partition coefficient (Wildman–Crippen LogP) is 6.27. The van der Waals surface area contributed by atoms with Crippen molar-refractivity contribution < 1.29 is 19.7 Å². The fourth-order valence-electron chi connectivity index (χ4n) is 3.59. The van der Waals surface area contributed by atoms with Crippen LogP contribution < -0.4 is 0 Å². The zero-order valence-electron chi connectivity index (χ0n) is 17.7. The van der Waals surface area contributed by atoms with Crippen molar-refractivity contribution in [2.45, 2.75) is 83.3 Å². The molecule has 0 aromatic heterocycles. The number of carbonyl (C=O) groups excluding carboxylic acids is 1. The first-order valence-electron chi connectivity index (χ1n) is 11.1. The molecule has 1 aromatic carbocycles. The van der Waals surface area contributed by atoms with Gasteiger partial charge in [-0.1, -0.05) is 95.0 Å². The molecule has 4 nitrogen and oxygen atoms in total. The van der Waals surface area contributed by atoms with E-state index in [2.05, 4.69) is 6.92 Å². The minimum atomic E-state index is -1.54. The van der Waals surface area contributed by atoms with Gasteiger partial charge in [-0.05, 0) is 18.6 Å². The lowest BCUT2D eigenvalue weighted by molar-refractivity contribution is -0.170. The van der Waals surface area contributed by atoms with Crippen LogP contribution in [0.4, 0.5) is 0 Å². The van der Waals surface area contributed by atoms with Crippen molar-refractivity contribution in [2.75, 3.05) is 6.61 Å². The van der Waals surface area contributed by atoms with Gasteiger partial charge in [-0.2, -0.15) is 0 Å². The Balaban J connectivity index is 1.64. The summed E-state index contributed by atoms with van der Waals surface area (Å²) < 4.78 is 5.61. The largest absolute Gasteiger partial charge is 0.511 e. The lowest BCUT2D eigenvalue weighted by Crippen LogP contribution is -2.33. The number of rotatable bonds is 14. The highest BCUT2D eigenvalue weighted by atomic mass is 16.6. The maximum Gasteiger partial charge on any atom is 0.196 e. The number of unbranched alkanes of at least 4 members (excludes halogenated alkanes) is 9. The number of allylic oxidation sites excluding steroid dienone is 2. The lowest BCUT2D eigenvalue weighted by Gasteiger charge is -2.28. The molecule has 0 bridgehead atoms. The molecule has 29 heavy (non-hydrogen) atoms. The van der Waals surface area contributed by atoms with E-state index in [1.165, 1.54) is 63.5 Å². The van der Waals surface area contributed by atoms with Gasteiger partial charge in [-0.3, -0.25) is 4.79 Å². The SMILES string of the molecule is CCCCCCCCCCCCOC1(O)C=CC(C(=O)c2ccccc2)=C(O)C1. The van der Waals surface area contributed by atoms with Crippen molar-refractivity contribution in [1.82, 2.24) is 0 Å². The molecule has 0 fully saturated rings. The van der Waals surface area contributed by atoms with Gasteiger partial charge in [0.05, 0.1) is 18.6 Å². The second kappa shape index (κ2) is 12.6. The zero-order valence-corrected chi connectivity index (χ0v) is 17.7. The van der Waals surface area contributed by atoms with Gasteiger partial charge in [-0.15, -0.1) is 0 Å². The van der Waals surface area contributed by atoms with Crippen LogP contribution in [0, 0.1) is 0 Å². The number of carbonyl (C=O) groups is 1. The van der Waals surface area contributed by atoms with Crippen LogP contribution in [0.5, 0.6) is 0 Å². The number of ether oxygens (including phenoxy) is 1. The maximum atomic E-state index is 12.5. The number of hydrogen-bond donors (Lipinski definition) is 2. The molecule has 1 aromatic rings. The zero-order chi connectivity index (χ0) is 21.0. The highest BCUT2D eigenvalue weighted by Crippen LogP contribution is 2.29. The summed E-state index contributed by atoms with van der Waals surface area (Å²) in [6.07, 6.45) is 15.2. The van der Waals surface area contributed by atoms with Crippen molar-refractivity contribution in [3.05, 3.63) is 59.4 Å². The summed E-state index contributed by atoms with van der Waals surface area (Å²) in [4.78, 5) is 12.5. The van der Waals surface area contributed by atoms with E-state index in [4.69, 9.17) is 4.74 Å². The van der Waals surface area contributed by atoms with Crippen LogP contribution in [0.3, 0.4) is 0 Å². The Kier molecular flexibility index (Phi) is 10.2. The van der Waals surface area contributed by atoms with Crippen LogP contribution in [-0.4, -0.2) is 28.4 Å². The van der Waals surface area contributed by atoms with Crippen LogP contribution >= 0.6 is 0 Å². The molecule has 2 rings (SSSR count). The van der Waals surface area contributed by atoms with Crippen molar-refractivity contribution in [3.63, 3.8) is 0 Å². The maximum absolute atomic E-state index is 12.5. The number of ketones is 1. The highest BCUT2D eigenvalue weighted by Gasteiger charge is 2.32. The summed E-state index contributed by atoms with van der Waals surface area (Å²) in [6, 6.07) is 8.81. The Labute approximate surface area is 175 Å². The Bertz CT molecular complexity index is 677. The van der Waals surface area contributed by atoms with Crippen LogP contribution in [0.15, 0.2) is 53.8 Å². The van der Waals surface area contributed by atoms with Crippen LogP contribution in [0.2, 0.25) is 0 Å². The second-order valence-electron chi connectivity index (χ2n) is 7.94.